The summed E-state index contributed by atoms with van der Waals surface area (Å²) in [6.45, 7) is 4.03. The number of hydrogen-bond acceptors (Lipinski definition) is 5. The maximum atomic E-state index is 12.7. The van der Waals surface area contributed by atoms with Crippen LogP contribution < -0.4 is 4.90 Å². The average molecular weight is 318 g/mol. The van der Waals surface area contributed by atoms with Gasteiger partial charge in [-0.1, -0.05) is 12.1 Å². The molecule has 1 aromatic carbocycles. The molecule has 0 radical (unpaired) electrons. The fourth-order valence-corrected chi connectivity index (χ4v) is 4.06. The fourth-order valence-electron chi connectivity index (χ4n) is 2.54. The minimum absolute atomic E-state index is 0.362. The van der Waals surface area contributed by atoms with Gasteiger partial charge in [-0.2, -0.15) is 4.31 Å². The Hall–Kier alpha value is -1.99. The number of anilines is 1. The predicted molar refractivity (Wildman–Crippen MR) is 84.2 cm³/mol. The highest BCUT2D eigenvalue weighted by molar-refractivity contribution is 7.89. The van der Waals surface area contributed by atoms with Crippen molar-refractivity contribution in [1.82, 2.24) is 14.3 Å². The lowest BCUT2D eigenvalue weighted by Crippen LogP contribution is -2.48. The number of hydrogen-bond donors (Lipinski definition) is 0. The van der Waals surface area contributed by atoms with Crippen LogP contribution in [-0.2, 0) is 10.0 Å². The van der Waals surface area contributed by atoms with Crippen molar-refractivity contribution in [3.8, 4) is 0 Å². The van der Waals surface area contributed by atoms with Gasteiger partial charge in [0.1, 0.15) is 5.82 Å². The van der Waals surface area contributed by atoms with Gasteiger partial charge in [0.25, 0.3) is 0 Å². The number of benzene rings is 1. The van der Waals surface area contributed by atoms with Crippen LogP contribution in [0.2, 0.25) is 0 Å². The summed E-state index contributed by atoms with van der Waals surface area (Å²) in [5.41, 5.74) is 0.944. The lowest BCUT2D eigenvalue weighted by molar-refractivity contribution is 0.383. The molecule has 1 fully saturated rings. The van der Waals surface area contributed by atoms with E-state index in [-0.39, 0.29) is 0 Å². The lowest BCUT2D eigenvalue weighted by Gasteiger charge is -2.34. The highest BCUT2D eigenvalue weighted by Crippen LogP contribution is 2.20. The van der Waals surface area contributed by atoms with Crippen molar-refractivity contribution in [2.24, 2.45) is 0 Å². The van der Waals surface area contributed by atoms with Crippen molar-refractivity contribution < 1.29 is 8.42 Å². The van der Waals surface area contributed by atoms with Gasteiger partial charge in [0.05, 0.1) is 11.1 Å². The third-order valence-corrected chi connectivity index (χ3v) is 5.63. The van der Waals surface area contributed by atoms with E-state index in [2.05, 4.69) is 14.9 Å². The fraction of sp³-hybridized carbons (Fsp3) is 0.333. The summed E-state index contributed by atoms with van der Waals surface area (Å²) in [7, 11) is -3.42. The molecule has 0 saturated carbocycles. The zero-order valence-electron chi connectivity index (χ0n) is 12.4. The molecule has 22 heavy (non-hydrogen) atoms. The second-order valence-electron chi connectivity index (χ2n) is 5.27. The van der Waals surface area contributed by atoms with Crippen molar-refractivity contribution in [3.63, 3.8) is 0 Å². The summed E-state index contributed by atoms with van der Waals surface area (Å²) in [4.78, 5) is 10.7. The molecule has 2 aromatic rings. The van der Waals surface area contributed by atoms with E-state index in [0.29, 0.717) is 31.1 Å². The van der Waals surface area contributed by atoms with E-state index in [1.165, 1.54) is 4.31 Å². The van der Waals surface area contributed by atoms with Gasteiger partial charge in [-0.3, -0.25) is 4.98 Å². The third-order valence-electron chi connectivity index (χ3n) is 3.74. The van der Waals surface area contributed by atoms with Crippen molar-refractivity contribution in [3.05, 3.63) is 48.4 Å². The first-order chi connectivity index (χ1) is 10.6. The molecule has 0 N–H and O–H groups in total. The first kappa shape index (κ1) is 14.9. The Bertz CT molecular complexity index is 741. The third kappa shape index (κ3) is 2.95. The molecule has 0 spiro atoms. The van der Waals surface area contributed by atoms with E-state index in [1.54, 1.807) is 36.8 Å². The molecule has 0 bridgehead atoms. The minimum Gasteiger partial charge on any atom is -0.353 e. The maximum absolute atomic E-state index is 12.7. The Morgan fingerprint density at radius 3 is 2.50 bits per heavy atom. The zero-order valence-corrected chi connectivity index (χ0v) is 13.2. The summed E-state index contributed by atoms with van der Waals surface area (Å²) in [6, 6.07) is 7.03. The van der Waals surface area contributed by atoms with E-state index >= 15 is 0 Å². The smallest absolute Gasteiger partial charge is 0.243 e. The Labute approximate surface area is 130 Å². The van der Waals surface area contributed by atoms with E-state index in [1.807, 2.05) is 13.0 Å². The van der Waals surface area contributed by atoms with Crippen LogP contribution in [0.25, 0.3) is 0 Å². The summed E-state index contributed by atoms with van der Waals surface area (Å²) in [5, 5.41) is 0. The van der Waals surface area contributed by atoms with Gasteiger partial charge in [0, 0.05) is 38.6 Å². The number of rotatable bonds is 3. The van der Waals surface area contributed by atoms with Crippen LogP contribution in [0.1, 0.15) is 5.56 Å². The number of aromatic nitrogens is 2. The summed E-state index contributed by atoms with van der Waals surface area (Å²) in [6.07, 6.45) is 4.97. The Balaban J connectivity index is 1.73. The van der Waals surface area contributed by atoms with Crippen LogP contribution in [-0.4, -0.2) is 48.9 Å². The molecule has 2 heterocycles. The second kappa shape index (κ2) is 6.02. The molecule has 0 amide bonds. The minimum atomic E-state index is -3.42. The molecular weight excluding hydrogens is 300 g/mol. The van der Waals surface area contributed by atoms with Crippen LogP contribution in [0.4, 0.5) is 5.82 Å². The molecule has 3 rings (SSSR count). The normalized spacial score (nSPS) is 16.7. The molecule has 1 aliphatic heterocycles. The Kier molecular flexibility index (Phi) is 4.08. The monoisotopic (exact) mass is 318 g/mol. The quantitative estimate of drug-likeness (QED) is 0.853. The van der Waals surface area contributed by atoms with Crippen LogP contribution >= 0.6 is 0 Å². The molecule has 0 atom stereocenters. The van der Waals surface area contributed by atoms with E-state index in [4.69, 9.17) is 0 Å². The van der Waals surface area contributed by atoms with Gasteiger partial charge in [-0.15, -0.1) is 0 Å². The van der Waals surface area contributed by atoms with Gasteiger partial charge in [-0.25, -0.2) is 13.4 Å². The molecule has 7 heteroatoms. The molecule has 6 nitrogen and oxygen atoms in total. The van der Waals surface area contributed by atoms with E-state index in [9.17, 15) is 8.42 Å². The van der Waals surface area contributed by atoms with E-state index < -0.39 is 10.0 Å². The number of piperazine rings is 1. The van der Waals surface area contributed by atoms with Crippen LogP contribution in [0, 0.1) is 6.92 Å². The molecule has 116 valence electrons. The lowest BCUT2D eigenvalue weighted by atomic mass is 10.2. The van der Waals surface area contributed by atoms with Crippen molar-refractivity contribution in [2.75, 3.05) is 31.1 Å². The number of aryl methyl sites for hydroxylation is 1. The van der Waals surface area contributed by atoms with Crippen LogP contribution in [0.15, 0.2) is 47.8 Å². The Morgan fingerprint density at radius 2 is 1.86 bits per heavy atom. The first-order valence-electron chi connectivity index (χ1n) is 7.15. The maximum Gasteiger partial charge on any atom is 0.243 e. The Morgan fingerprint density at radius 1 is 1.09 bits per heavy atom. The standard InChI is InChI=1S/C15H18N4O2S/c1-13-3-2-4-14(11-13)22(20,21)19-9-7-18(8-10-19)15-12-16-5-6-17-15/h2-6,11-12H,7-10H2,1H3. The van der Waals surface area contributed by atoms with Crippen LogP contribution in [0.5, 0.6) is 0 Å². The van der Waals surface area contributed by atoms with E-state index in [0.717, 1.165) is 11.4 Å². The van der Waals surface area contributed by atoms with Gasteiger partial charge in [0.15, 0.2) is 0 Å². The van der Waals surface area contributed by atoms with Crippen molar-refractivity contribution >= 4 is 15.8 Å². The highest BCUT2D eigenvalue weighted by Gasteiger charge is 2.28. The summed E-state index contributed by atoms with van der Waals surface area (Å²) < 4.78 is 26.9. The van der Waals surface area contributed by atoms with Gasteiger partial charge in [0.2, 0.25) is 10.0 Å². The average Bonchev–Trinajstić information content (AvgIpc) is 2.56. The van der Waals surface area contributed by atoms with Crippen molar-refractivity contribution in [1.29, 1.82) is 0 Å². The van der Waals surface area contributed by atoms with Crippen molar-refractivity contribution in [2.45, 2.75) is 11.8 Å². The molecule has 1 saturated heterocycles. The molecule has 0 aliphatic carbocycles. The molecule has 1 aliphatic rings. The molecular formula is C15H18N4O2S. The number of sulfonamides is 1. The van der Waals surface area contributed by atoms with Gasteiger partial charge >= 0.3 is 0 Å². The van der Waals surface area contributed by atoms with Gasteiger partial charge < -0.3 is 4.90 Å². The predicted octanol–water partition coefficient (Wildman–Crippen LogP) is 1.30. The van der Waals surface area contributed by atoms with Gasteiger partial charge in [-0.05, 0) is 24.6 Å². The SMILES string of the molecule is Cc1cccc(S(=O)(=O)N2CCN(c3cnccn3)CC2)c1. The largest absolute Gasteiger partial charge is 0.353 e. The molecule has 1 aromatic heterocycles. The summed E-state index contributed by atoms with van der Waals surface area (Å²) >= 11 is 0. The second-order valence-corrected chi connectivity index (χ2v) is 7.21. The number of nitrogens with zero attached hydrogens (tertiary/aromatic N) is 4. The zero-order chi connectivity index (χ0) is 15.6. The van der Waals surface area contributed by atoms with Crippen LogP contribution in [0.3, 0.4) is 0 Å². The first-order valence-corrected chi connectivity index (χ1v) is 8.59. The topological polar surface area (TPSA) is 66.4 Å². The highest BCUT2D eigenvalue weighted by atomic mass is 32.2. The molecule has 0 unspecified atom stereocenters. The summed E-state index contributed by atoms with van der Waals surface area (Å²) in [5.74, 6) is 0.787.